The molecule has 2 N–H and O–H groups in total. The van der Waals surface area contributed by atoms with Gasteiger partial charge < -0.3 is 10.2 Å². The summed E-state index contributed by atoms with van der Waals surface area (Å²) in [7, 11) is 0. The van der Waals surface area contributed by atoms with Gasteiger partial charge in [-0.25, -0.2) is 0 Å². The van der Waals surface area contributed by atoms with Crippen molar-refractivity contribution in [3.8, 4) is 0 Å². The molecule has 2 fully saturated rings. The smallest absolute Gasteiger partial charge is 0.0816 e. The second-order valence-electron chi connectivity index (χ2n) is 6.22. The molecule has 0 spiro atoms. The Morgan fingerprint density at radius 3 is 2.57 bits per heavy atom. The molecule has 5 heteroatoms. The Labute approximate surface area is 139 Å². The molecule has 3 atom stereocenters. The molecular formula is C16H21BrClNO2. The normalized spacial score (nSPS) is 30.6. The van der Waals surface area contributed by atoms with E-state index in [4.69, 9.17) is 11.6 Å². The summed E-state index contributed by atoms with van der Waals surface area (Å²) in [4.78, 5) is 2.47. The fraction of sp³-hybridized carbons (Fsp3) is 0.625. The average Bonchev–Trinajstić information content (AvgIpc) is 2.66. The third-order valence-corrected chi connectivity index (χ3v) is 5.66. The van der Waals surface area contributed by atoms with Gasteiger partial charge in [0.2, 0.25) is 0 Å². The van der Waals surface area contributed by atoms with Crippen LogP contribution in [0, 0.1) is 0 Å². The van der Waals surface area contributed by atoms with Crippen molar-refractivity contribution in [3.05, 3.63) is 33.3 Å². The average molecular weight is 375 g/mol. The van der Waals surface area contributed by atoms with Crippen LogP contribution in [0.2, 0.25) is 5.02 Å². The van der Waals surface area contributed by atoms with Gasteiger partial charge in [-0.15, -0.1) is 0 Å². The molecule has 3 nitrogen and oxygen atoms in total. The number of piperidine rings is 1. The number of aliphatic hydroxyl groups excluding tert-OH is 2. The van der Waals surface area contributed by atoms with Crippen LogP contribution < -0.4 is 0 Å². The van der Waals surface area contributed by atoms with E-state index in [0.29, 0.717) is 23.5 Å². The van der Waals surface area contributed by atoms with E-state index >= 15 is 0 Å². The molecule has 116 valence electrons. The van der Waals surface area contributed by atoms with E-state index < -0.39 is 6.10 Å². The third-order valence-electron chi connectivity index (χ3n) is 4.84. The van der Waals surface area contributed by atoms with Crippen molar-refractivity contribution in [2.75, 3.05) is 6.54 Å². The Morgan fingerprint density at radius 2 is 1.95 bits per heavy atom. The van der Waals surface area contributed by atoms with E-state index in [2.05, 4.69) is 20.8 Å². The predicted octanol–water partition coefficient (Wildman–Crippen LogP) is 3.51. The maximum absolute atomic E-state index is 10.4. The molecule has 1 aromatic rings. The van der Waals surface area contributed by atoms with E-state index in [1.54, 1.807) is 0 Å². The molecule has 0 saturated carbocycles. The Hall–Kier alpha value is -0.130. The third kappa shape index (κ3) is 3.45. The predicted molar refractivity (Wildman–Crippen MR) is 87.5 cm³/mol. The molecule has 1 aromatic carbocycles. The first kappa shape index (κ1) is 15.8. The molecular weight excluding hydrogens is 354 g/mol. The highest BCUT2D eigenvalue weighted by atomic mass is 79.9. The molecule has 0 amide bonds. The first-order valence-electron chi connectivity index (χ1n) is 7.61. The maximum Gasteiger partial charge on any atom is 0.0816 e. The van der Waals surface area contributed by atoms with Gasteiger partial charge in [0.1, 0.15) is 0 Å². The van der Waals surface area contributed by atoms with Crippen molar-refractivity contribution in [3.63, 3.8) is 0 Å². The SMILES string of the molecule is OC1CC2CCC(C1)N2CCC(O)c1ccc(Br)cc1Cl. The van der Waals surface area contributed by atoms with Crippen molar-refractivity contribution < 1.29 is 10.2 Å². The standard InChI is InChI=1S/C16H21BrClNO2/c17-10-1-4-14(15(18)7-10)16(21)5-6-19-11-2-3-12(19)9-13(20)8-11/h1,4,7,11-13,16,20-21H,2-3,5-6,8-9H2. The number of rotatable bonds is 4. The van der Waals surface area contributed by atoms with Crippen LogP contribution in [0.5, 0.6) is 0 Å². The lowest BCUT2D eigenvalue weighted by Gasteiger charge is -2.37. The molecule has 0 radical (unpaired) electrons. The molecule has 0 aliphatic carbocycles. The summed E-state index contributed by atoms with van der Waals surface area (Å²) in [6, 6.07) is 6.59. The number of fused-ring (bicyclic) bond motifs is 2. The lowest BCUT2D eigenvalue weighted by atomic mass is 9.98. The van der Waals surface area contributed by atoms with Gasteiger partial charge in [0.15, 0.2) is 0 Å². The van der Waals surface area contributed by atoms with Gasteiger partial charge in [-0.2, -0.15) is 0 Å². The molecule has 21 heavy (non-hydrogen) atoms. The minimum atomic E-state index is -0.531. The number of aliphatic hydroxyl groups is 2. The second kappa shape index (κ2) is 6.55. The van der Waals surface area contributed by atoms with E-state index in [1.165, 1.54) is 12.8 Å². The van der Waals surface area contributed by atoms with Gasteiger partial charge in [0.25, 0.3) is 0 Å². The molecule has 2 heterocycles. The number of nitrogens with zero attached hydrogens (tertiary/aromatic N) is 1. The highest BCUT2D eigenvalue weighted by Crippen LogP contribution is 2.37. The van der Waals surface area contributed by atoms with Crippen molar-refractivity contribution in [1.29, 1.82) is 0 Å². The number of halogens is 2. The van der Waals surface area contributed by atoms with E-state index in [9.17, 15) is 10.2 Å². The summed E-state index contributed by atoms with van der Waals surface area (Å²) in [6.45, 7) is 0.871. The zero-order valence-corrected chi connectivity index (χ0v) is 14.2. The first-order chi connectivity index (χ1) is 10.0. The lowest BCUT2D eigenvalue weighted by molar-refractivity contribution is 0.0266. The highest BCUT2D eigenvalue weighted by Gasteiger charge is 2.39. The Kier molecular flexibility index (Phi) is 4.91. The van der Waals surface area contributed by atoms with Gasteiger partial charge >= 0.3 is 0 Å². The molecule has 2 aliphatic rings. The number of hydrogen-bond donors (Lipinski definition) is 2. The highest BCUT2D eigenvalue weighted by molar-refractivity contribution is 9.10. The van der Waals surface area contributed by atoms with E-state index in [1.807, 2.05) is 18.2 Å². The van der Waals surface area contributed by atoms with Gasteiger partial charge in [-0.3, -0.25) is 4.90 Å². The van der Waals surface area contributed by atoms with Gasteiger partial charge in [-0.1, -0.05) is 33.6 Å². The zero-order valence-electron chi connectivity index (χ0n) is 11.9. The largest absolute Gasteiger partial charge is 0.393 e. The van der Waals surface area contributed by atoms with Crippen LogP contribution in [0.1, 0.15) is 43.8 Å². The summed E-state index contributed by atoms with van der Waals surface area (Å²) < 4.78 is 0.923. The topological polar surface area (TPSA) is 43.7 Å². The molecule has 2 saturated heterocycles. The molecule has 3 rings (SSSR count). The molecule has 2 aliphatic heterocycles. The summed E-state index contributed by atoms with van der Waals surface area (Å²) >= 11 is 9.58. The minimum Gasteiger partial charge on any atom is -0.393 e. The fourth-order valence-corrected chi connectivity index (χ4v) is 4.61. The summed E-state index contributed by atoms with van der Waals surface area (Å²) in [5, 5.41) is 20.8. The maximum atomic E-state index is 10.4. The lowest BCUT2D eigenvalue weighted by Crippen LogP contribution is -2.45. The summed E-state index contributed by atoms with van der Waals surface area (Å²) in [6.07, 6.45) is 4.14. The molecule has 3 unspecified atom stereocenters. The first-order valence-corrected chi connectivity index (χ1v) is 8.78. The Balaban J connectivity index is 1.60. The van der Waals surface area contributed by atoms with Gasteiger partial charge in [-0.05, 0) is 49.8 Å². The van der Waals surface area contributed by atoms with Crippen LogP contribution in [-0.2, 0) is 0 Å². The number of hydrogen-bond acceptors (Lipinski definition) is 3. The zero-order chi connectivity index (χ0) is 15.0. The van der Waals surface area contributed by atoms with Gasteiger partial charge in [0, 0.05) is 28.1 Å². The van der Waals surface area contributed by atoms with Crippen LogP contribution in [0.15, 0.2) is 22.7 Å². The fourth-order valence-electron chi connectivity index (χ4n) is 3.81. The van der Waals surface area contributed by atoms with Crippen molar-refractivity contribution in [1.82, 2.24) is 4.90 Å². The molecule has 2 bridgehead atoms. The van der Waals surface area contributed by atoms with E-state index in [-0.39, 0.29) is 6.10 Å². The van der Waals surface area contributed by atoms with Gasteiger partial charge in [0.05, 0.1) is 12.2 Å². The van der Waals surface area contributed by atoms with Crippen molar-refractivity contribution in [2.24, 2.45) is 0 Å². The quantitative estimate of drug-likeness (QED) is 0.847. The Bertz CT molecular complexity index is 499. The number of benzene rings is 1. The van der Waals surface area contributed by atoms with Crippen molar-refractivity contribution >= 4 is 27.5 Å². The van der Waals surface area contributed by atoms with Crippen LogP contribution in [0.25, 0.3) is 0 Å². The van der Waals surface area contributed by atoms with Crippen LogP contribution >= 0.6 is 27.5 Å². The molecule has 0 aromatic heterocycles. The second-order valence-corrected chi connectivity index (χ2v) is 7.54. The summed E-state index contributed by atoms with van der Waals surface area (Å²) in [5.74, 6) is 0. The van der Waals surface area contributed by atoms with Crippen molar-refractivity contribution in [2.45, 2.75) is 56.4 Å². The van der Waals surface area contributed by atoms with Crippen LogP contribution in [0.4, 0.5) is 0 Å². The van der Waals surface area contributed by atoms with Crippen LogP contribution in [0.3, 0.4) is 0 Å². The monoisotopic (exact) mass is 373 g/mol. The minimum absolute atomic E-state index is 0.135. The summed E-state index contributed by atoms with van der Waals surface area (Å²) in [5.41, 5.74) is 0.796. The Morgan fingerprint density at radius 1 is 1.29 bits per heavy atom. The van der Waals surface area contributed by atoms with Crippen LogP contribution in [-0.4, -0.2) is 39.8 Å². The van der Waals surface area contributed by atoms with E-state index in [0.717, 1.165) is 29.4 Å².